The van der Waals surface area contributed by atoms with Crippen LogP contribution in [0.3, 0.4) is 0 Å². The zero-order chi connectivity index (χ0) is 21.7. The first kappa shape index (κ1) is 20.1. The summed E-state index contributed by atoms with van der Waals surface area (Å²) in [5.74, 6) is -2.08. The topological polar surface area (TPSA) is 139 Å². The molecule has 0 aliphatic rings. The summed E-state index contributed by atoms with van der Waals surface area (Å²) < 4.78 is 0. The Morgan fingerprint density at radius 3 is 1.67 bits per heavy atom. The number of carboxylic acids is 2. The van der Waals surface area contributed by atoms with Crippen molar-refractivity contribution in [1.82, 2.24) is 0 Å². The third-order valence-electron chi connectivity index (χ3n) is 4.51. The lowest BCUT2D eigenvalue weighted by molar-refractivity contribution is 0.0686. The van der Waals surface area contributed by atoms with Crippen LogP contribution in [0.15, 0.2) is 65.8 Å². The summed E-state index contributed by atoms with van der Waals surface area (Å²) in [7, 11) is 0. The van der Waals surface area contributed by atoms with Crippen LogP contribution < -0.4 is 10.4 Å². The first-order valence-electron chi connectivity index (χ1n) is 8.67. The lowest BCUT2D eigenvalue weighted by atomic mass is 9.95. The van der Waals surface area contributed by atoms with E-state index in [2.05, 4.69) is 10.1 Å². The summed E-state index contributed by atoms with van der Waals surface area (Å²) in [6.07, 6.45) is 2.59. The third kappa shape index (κ3) is 4.10. The summed E-state index contributed by atoms with van der Waals surface area (Å²) >= 11 is 0. The second-order valence-electron chi connectivity index (χ2n) is 6.29. The summed E-state index contributed by atoms with van der Waals surface area (Å²) in [6.45, 7) is 0. The predicted octanol–water partition coefficient (Wildman–Crippen LogP) is 3.78. The number of rotatable bonds is 5. The van der Waals surface area contributed by atoms with Gasteiger partial charge in [-0.25, -0.2) is 15.1 Å². The fourth-order valence-electron chi connectivity index (χ4n) is 3.06. The molecule has 0 atom stereocenters. The number of nitrogens with zero attached hydrogens (tertiary/aromatic N) is 3. The van der Waals surface area contributed by atoms with E-state index in [-0.39, 0.29) is 11.1 Å². The first-order chi connectivity index (χ1) is 14.4. The van der Waals surface area contributed by atoms with Gasteiger partial charge in [0.15, 0.2) is 4.98 Å². The van der Waals surface area contributed by atoms with Gasteiger partial charge in [0, 0.05) is 5.22 Å². The van der Waals surface area contributed by atoms with Gasteiger partial charge >= 0.3 is 18.1 Å². The predicted molar refractivity (Wildman–Crippen MR) is 110 cm³/mol. The van der Waals surface area contributed by atoms with E-state index in [1.807, 2.05) is 0 Å². The Bertz CT molecular complexity index is 1310. The molecule has 0 heterocycles. The molecular formula is C22H15N4O4+. The monoisotopic (exact) mass is 399 g/mol. The number of aromatic carboxylic acids is 2. The van der Waals surface area contributed by atoms with E-state index in [0.29, 0.717) is 32.7 Å². The Hall–Kier alpha value is -4.64. The van der Waals surface area contributed by atoms with E-state index in [9.17, 15) is 9.59 Å². The molecule has 0 aliphatic heterocycles. The second-order valence-corrected chi connectivity index (χ2v) is 6.29. The van der Waals surface area contributed by atoms with Crippen molar-refractivity contribution in [1.29, 1.82) is 10.9 Å². The van der Waals surface area contributed by atoms with E-state index in [1.54, 1.807) is 36.4 Å². The van der Waals surface area contributed by atoms with Gasteiger partial charge in [0.1, 0.15) is 0 Å². The van der Waals surface area contributed by atoms with Crippen LogP contribution in [0.2, 0.25) is 0 Å². The molecule has 8 nitrogen and oxygen atoms in total. The standard InChI is InChI=1S/C22H14N4O4/c23-25-11-17-10-20(14-3-7-16(8-4-14)22(29)30)18(12-26-24)9-19(17)13-1-5-15(6-2-13)21(27)28/h1-12,23H,(H-,27,28,29,30)/p+1. The van der Waals surface area contributed by atoms with Crippen molar-refractivity contribution in [3.05, 3.63) is 87.2 Å². The van der Waals surface area contributed by atoms with Crippen molar-refractivity contribution in [3.8, 4) is 22.3 Å². The molecule has 0 unspecified atom stereocenters. The smallest absolute Gasteiger partial charge is 0.358 e. The fraction of sp³-hybridized carbons (Fsp3) is 0. The molecule has 3 rings (SSSR count). The molecule has 0 amide bonds. The van der Waals surface area contributed by atoms with E-state index in [1.165, 1.54) is 36.7 Å². The van der Waals surface area contributed by atoms with Crippen molar-refractivity contribution >= 4 is 24.3 Å². The van der Waals surface area contributed by atoms with Crippen LogP contribution >= 0.6 is 0 Å². The molecule has 3 N–H and O–H groups in total. The number of nitrogens with one attached hydrogen (secondary N) is 1. The lowest BCUT2D eigenvalue weighted by Gasteiger charge is -2.08. The average molecular weight is 399 g/mol. The van der Waals surface area contributed by atoms with Crippen LogP contribution in [0.4, 0.5) is 0 Å². The van der Waals surface area contributed by atoms with Crippen molar-refractivity contribution in [2.75, 3.05) is 0 Å². The molecule has 146 valence electrons. The SMILES string of the molecule is N#[N+]C=c1cc(-c2ccc(C(=O)O)cc2)c(=CN=N)cc1-c1ccc(C(=O)O)cc1. The number of hydrogen-bond acceptors (Lipinski definition) is 5. The Labute approximate surface area is 170 Å². The number of diazo groups is 1. The molecule has 0 radical (unpaired) electrons. The number of carbonyl (C=O) groups is 2. The molecule has 3 aromatic rings. The van der Waals surface area contributed by atoms with Crippen molar-refractivity contribution in [2.24, 2.45) is 5.11 Å². The third-order valence-corrected chi connectivity index (χ3v) is 4.51. The average Bonchev–Trinajstić information content (AvgIpc) is 2.75. The Kier molecular flexibility index (Phi) is 5.75. The maximum atomic E-state index is 11.1. The molecule has 3 aromatic carbocycles. The second kappa shape index (κ2) is 8.58. The maximum Gasteiger partial charge on any atom is 0.358 e. The highest BCUT2D eigenvalue weighted by Gasteiger charge is 2.11. The van der Waals surface area contributed by atoms with Gasteiger partial charge in [0.25, 0.3) is 0 Å². The highest BCUT2D eigenvalue weighted by molar-refractivity contribution is 5.89. The molecule has 0 saturated carbocycles. The molecule has 0 fully saturated rings. The maximum absolute atomic E-state index is 11.1. The molecule has 8 heteroatoms. The van der Waals surface area contributed by atoms with Crippen molar-refractivity contribution in [3.63, 3.8) is 0 Å². The molecule has 0 aromatic heterocycles. The highest BCUT2D eigenvalue weighted by Crippen LogP contribution is 2.20. The lowest BCUT2D eigenvalue weighted by Crippen LogP contribution is -2.15. The first-order valence-corrected chi connectivity index (χ1v) is 8.67. The van der Waals surface area contributed by atoms with E-state index in [4.69, 9.17) is 21.1 Å². The Balaban J connectivity index is 2.25. The Morgan fingerprint density at radius 2 is 1.27 bits per heavy atom. The fourth-order valence-corrected chi connectivity index (χ4v) is 3.06. The summed E-state index contributed by atoms with van der Waals surface area (Å²) in [4.78, 5) is 25.3. The van der Waals surface area contributed by atoms with Gasteiger partial charge in [0.05, 0.1) is 22.5 Å². The van der Waals surface area contributed by atoms with Crippen molar-refractivity contribution < 1.29 is 19.8 Å². The van der Waals surface area contributed by atoms with Gasteiger partial charge in [-0.05, 0) is 58.7 Å². The highest BCUT2D eigenvalue weighted by atomic mass is 16.4. The molecule has 0 spiro atoms. The quantitative estimate of drug-likeness (QED) is 0.443. The number of hydrogen-bond donors (Lipinski definition) is 3. The van der Waals surface area contributed by atoms with Gasteiger partial charge in [-0.15, -0.1) is 0 Å². The molecular weight excluding hydrogens is 384 g/mol. The normalized spacial score (nSPS) is 11.7. The minimum Gasteiger partial charge on any atom is -0.478 e. The van der Waals surface area contributed by atoms with E-state index < -0.39 is 11.9 Å². The number of carboxylic acid groups (broad SMARTS) is 2. The minimum atomic E-state index is -1.04. The zero-order valence-corrected chi connectivity index (χ0v) is 15.5. The summed E-state index contributed by atoms with van der Waals surface area (Å²) in [5.41, 5.74) is 10.2. The van der Waals surface area contributed by atoms with Crippen LogP contribution in [0.25, 0.3) is 39.6 Å². The largest absolute Gasteiger partial charge is 0.478 e. The van der Waals surface area contributed by atoms with Crippen molar-refractivity contribution in [2.45, 2.75) is 0 Å². The van der Waals surface area contributed by atoms with Gasteiger partial charge in [-0.2, -0.15) is 5.11 Å². The van der Waals surface area contributed by atoms with E-state index >= 15 is 0 Å². The molecule has 0 aliphatic carbocycles. The van der Waals surface area contributed by atoms with Crippen LogP contribution in [0.1, 0.15) is 20.7 Å². The van der Waals surface area contributed by atoms with Gasteiger partial charge in [-0.3, -0.25) is 0 Å². The van der Waals surface area contributed by atoms with Crippen LogP contribution in [-0.2, 0) is 0 Å². The van der Waals surface area contributed by atoms with Crippen LogP contribution in [0, 0.1) is 10.9 Å². The van der Waals surface area contributed by atoms with Crippen LogP contribution in [0.5, 0.6) is 0 Å². The minimum absolute atomic E-state index is 0.138. The zero-order valence-electron chi connectivity index (χ0n) is 15.5. The summed E-state index contributed by atoms with van der Waals surface area (Å²) in [5, 5.41) is 31.8. The van der Waals surface area contributed by atoms with Crippen LogP contribution in [-0.4, -0.2) is 22.2 Å². The Morgan fingerprint density at radius 1 is 0.833 bits per heavy atom. The molecule has 30 heavy (non-hydrogen) atoms. The summed E-state index contributed by atoms with van der Waals surface area (Å²) in [6, 6.07) is 15.9. The van der Waals surface area contributed by atoms with Gasteiger partial charge in [-0.1, -0.05) is 24.3 Å². The van der Waals surface area contributed by atoms with Gasteiger partial charge in [0.2, 0.25) is 5.39 Å². The molecule has 0 bridgehead atoms. The molecule has 0 saturated heterocycles. The van der Waals surface area contributed by atoms with E-state index in [0.717, 1.165) is 0 Å². The van der Waals surface area contributed by atoms with Gasteiger partial charge < -0.3 is 10.2 Å². The number of benzene rings is 3.